The van der Waals surface area contributed by atoms with Crippen LogP contribution < -0.4 is 10.1 Å². The van der Waals surface area contributed by atoms with E-state index in [9.17, 15) is 4.79 Å². The van der Waals surface area contributed by atoms with Crippen molar-refractivity contribution in [2.24, 2.45) is 0 Å². The average Bonchev–Trinajstić information content (AvgIpc) is 3.28. The Kier molecular flexibility index (Phi) is 5.01. The van der Waals surface area contributed by atoms with Crippen molar-refractivity contribution in [3.8, 4) is 28.4 Å². The number of ether oxygens (including phenoxy) is 1. The van der Waals surface area contributed by atoms with E-state index in [1.807, 2.05) is 48.5 Å². The SMILES string of the molecule is COc1ccc(C(=O)Nc2ccc(-c3ccc4nnc(-c5cccnc5)n4n3)cc2)cc1. The molecule has 0 saturated carbocycles. The molecule has 0 atom stereocenters. The minimum atomic E-state index is -0.189. The van der Waals surface area contributed by atoms with Crippen molar-refractivity contribution in [3.63, 3.8) is 0 Å². The first-order chi connectivity index (χ1) is 15.7. The number of carbonyl (C=O) groups is 1. The maximum absolute atomic E-state index is 12.5. The molecule has 32 heavy (non-hydrogen) atoms. The van der Waals surface area contributed by atoms with Gasteiger partial charge in [0.05, 0.1) is 12.8 Å². The number of hydrogen-bond donors (Lipinski definition) is 1. The molecule has 0 aliphatic rings. The van der Waals surface area contributed by atoms with Gasteiger partial charge >= 0.3 is 0 Å². The molecule has 0 bridgehead atoms. The number of fused-ring (bicyclic) bond motifs is 1. The molecule has 5 aromatic rings. The number of anilines is 1. The topological polar surface area (TPSA) is 94.3 Å². The lowest BCUT2D eigenvalue weighted by Gasteiger charge is -2.08. The van der Waals surface area contributed by atoms with Crippen LogP contribution in [-0.4, -0.2) is 37.8 Å². The number of nitrogens with zero attached hydrogens (tertiary/aromatic N) is 5. The van der Waals surface area contributed by atoms with Gasteiger partial charge < -0.3 is 10.1 Å². The second-order valence-corrected chi connectivity index (χ2v) is 7.01. The molecule has 5 rings (SSSR count). The summed E-state index contributed by atoms with van der Waals surface area (Å²) in [5.41, 5.74) is 4.39. The number of carbonyl (C=O) groups excluding carboxylic acids is 1. The highest BCUT2D eigenvalue weighted by Gasteiger charge is 2.11. The first kappa shape index (κ1) is 19.4. The molecule has 8 heteroatoms. The fourth-order valence-corrected chi connectivity index (χ4v) is 3.29. The number of pyridine rings is 1. The predicted molar refractivity (Wildman–Crippen MR) is 120 cm³/mol. The minimum Gasteiger partial charge on any atom is -0.497 e. The van der Waals surface area contributed by atoms with Crippen LogP contribution in [0, 0.1) is 0 Å². The highest BCUT2D eigenvalue weighted by Crippen LogP contribution is 2.23. The van der Waals surface area contributed by atoms with Gasteiger partial charge in [-0.2, -0.15) is 9.61 Å². The molecular formula is C24H18N6O2. The molecule has 156 valence electrons. The fourth-order valence-electron chi connectivity index (χ4n) is 3.29. The lowest BCUT2D eigenvalue weighted by molar-refractivity contribution is 0.102. The second-order valence-electron chi connectivity index (χ2n) is 7.01. The largest absolute Gasteiger partial charge is 0.497 e. The summed E-state index contributed by atoms with van der Waals surface area (Å²) in [6, 6.07) is 22.0. The van der Waals surface area contributed by atoms with Gasteiger partial charge in [-0.25, -0.2) is 0 Å². The summed E-state index contributed by atoms with van der Waals surface area (Å²) in [5, 5.41) is 16.0. The smallest absolute Gasteiger partial charge is 0.255 e. The second kappa shape index (κ2) is 8.27. The average molecular weight is 422 g/mol. The Labute approximate surface area is 183 Å². The van der Waals surface area contributed by atoms with Gasteiger partial charge in [-0.1, -0.05) is 12.1 Å². The monoisotopic (exact) mass is 422 g/mol. The van der Waals surface area contributed by atoms with E-state index in [-0.39, 0.29) is 5.91 Å². The Morgan fingerprint density at radius 1 is 0.906 bits per heavy atom. The van der Waals surface area contributed by atoms with E-state index in [1.54, 1.807) is 48.3 Å². The van der Waals surface area contributed by atoms with Gasteiger partial charge in [-0.3, -0.25) is 9.78 Å². The first-order valence-corrected chi connectivity index (χ1v) is 9.90. The lowest BCUT2D eigenvalue weighted by atomic mass is 10.1. The van der Waals surface area contributed by atoms with Crippen LogP contribution in [0.1, 0.15) is 10.4 Å². The molecule has 0 spiro atoms. The highest BCUT2D eigenvalue weighted by atomic mass is 16.5. The van der Waals surface area contributed by atoms with Gasteiger partial charge in [-0.15, -0.1) is 10.2 Å². The molecule has 1 amide bonds. The molecule has 2 aromatic carbocycles. The summed E-state index contributed by atoms with van der Waals surface area (Å²) < 4.78 is 6.83. The molecule has 0 fully saturated rings. The van der Waals surface area contributed by atoms with Crippen LogP contribution in [-0.2, 0) is 0 Å². The predicted octanol–water partition coefficient (Wildman–Crippen LogP) is 4.11. The van der Waals surface area contributed by atoms with E-state index < -0.39 is 0 Å². The molecule has 0 radical (unpaired) electrons. The Morgan fingerprint density at radius 2 is 1.72 bits per heavy atom. The molecule has 8 nitrogen and oxygen atoms in total. The number of nitrogens with one attached hydrogen (secondary N) is 1. The number of aromatic nitrogens is 5. The highest BCUT2D eigenvalue weighted by molar-refractivity contribution is 6.04. The molecule has 0 aliphatic heterocycles. The van der Waals surface area contributed by atoms with Gasteiger partial charge in [0, 0.05) is 34.8 Å². The number of hydrogen-bond acceptors (Lipinski definition) is 6. The van der Waals surface area contributed by atoms with E-state index in [0.29, 0.717) is 28.5 Å². The van der Waals surface area contributed by atoms with Gasteiger partial charge in [0.1, 0.15) is 5.75 Å². The molecule has 0 saturated heterocycles. The standard InChI is InChI=1S/C24H18N6O2/c1-32-20-10-6-17(7-11-20)24(31)26-19-8-4-16(5-9-19)21-12-13-22-27-28-23(30(22)29-21)18-3-2-14-25-15-18/h2-15H,1H3,(H,26,31). The zero-order valence-electron chi connectivity index (χ0n) is 17.1. The van der Waals surface area contributed by atoms with Crippen molar-refractivity contribution in [3.05, 3.63) is 90.8 Å². The maximum Gasteiger partial charge on any atom is 0.255 e. The van der Waals surface area contributed by atoms with Crippen LogP contribution in [0.15, 0.2) is 85.2 Å². The number of methoxy groups -OCH3 is 1. The lowest BCUT2D eigenvalue weighted by Crippen LogP contribution is -2.11. The minimum absolute atomic E-state index is 0.189. The van der Waals surface area contributed by atoms with Gasteiger partial charge in [0.2, 0.25) is 0 Å². The first-order valence-electron chi connectivity index (χ1n) is 9.90. The zero-order chi connectivity index (χ0) is 21.9. The van der Waals surface area contributed by atoms with Crippen LogP contribution in [0.3, 0.4) is 0 Å². The summed E-state index contributed by atoms with van der Waals surface area (Å²) >= 11 is 0. The van der Waals surface area contributed by atoms with Crippen molar-refractivity contribution in [1.29, 1.82) is 0 Å². The van der Waals surface area contributed by atoms with Crippen molar-refractivity contribution < 1.29 is 9.53 Å². The maximum atomic E-state index is 12.5. The van der Waals surface area contributed by atoms with Crippen molar-refractivity contribution >= 4 is 17.2 Å². The summed E-state index contributed by atoms with van der Waals surface area (Å²) in [6.07, 6.45) is 3.44. The Hall–Kier alpha value is -4.59. The van der Waals surface area contributed by atoms with Gasteiger partial charge in [0.25, 0.3) is 5.91 Å². The van der Waals surface area contributed by atoms with E-state index >= 15 is 0 Å². The number of amides is 1. The van der Waals surface area contributed by atoms with Crippen LogP contribution in [0.25, 0.3) is 28.3 Å². The van der Waals surface area contributed by atoms with Crippen molar-refractivity contribution in [2.75, 3.05) is 12.4 Å². The third-order valence-corrected chi connectivity index (χ3v) is 4.97. The van der Waals surface area contributed by atoms with Crippen LogP contribution >= 0.6 is 0 Å². The van der Waals surface area contributed by atoms with Crippen LogP contribution in [0.2, 0.25) is 0 Å². The molecule has 1 N–H and O–H groups in total. The Morgan fingerprint density at radius 3 is 2.44 bits per heavy atom. The third-order valence-electron chi connectivity index (χ3n) is 4.97. The van der Waals surface area contributed by atoms with E-state index in [2.05, 4.69) is 20.5 Å². The molecule has 3 aromatic heterocycles. The third kappa shape index (κ3) is 3.77. The van der Waals surface area contributed by atoms with Crippen LogP contribution in [0.5, 0.6) is 5.75 Å². The van der Waals surface area contributed by atoms with E-state index in [0.717, 1.165) is 16.8 Å². The molecule has 0 aliphatic carbocycles. The van der Waals surface area contributed by atoms with Gasteiger partial charge in [-0.05, 0) is 60.7 Å². The van der Waals surface area contributed by atoms with Gasteiger partial charge in [0.15, 0.2) is 11.5 Å². The molecular weight excluding hydrogens is 404 g/mol. The van der Waals surface area contributed by atoms with Crippen molar-refractivity contribution in [2.45, 2.75) is 0 Å². The number of rotatable bonds is 5. The van der Waals surface area contributed by atoms with Crippen molar-refractivity contribution in [1.82, 2.24) is 24.8 Å². The summed E-state index contributed by atoms with van der Waals surface area (Å²) in [4.78, 5) is 16.6. The Balaban J connectivity index is 1.38. The van der Waals surface area contributed by atoms with E-state index in [1.165, 1.54) is 0 Å². The summed E-state index contributed by atoms with van der Waals surface area (Å²) in [7, 11) is 1.59. The molecule has 0 unspecified atom stereocenters. The summed E-state index contributed by atoms with van der Waals surface area (Å²) in [6.45, 7) is 0. The normalized spacial score (nSPS) is 10.8. The van der Waals surface area contributed by atoms with E-state index in [4.69, 9.17) is 9.84 Å². The number of benzene rings is 2. The Bertz CT molecular complexity index is 1380. The van der Waals surface area contributed by atoms with Crippen LogP contribution in [0.4, 0.5) is 5.69 Å². The fraction of sp³-hybridized carbons (Fsp3) is 0.0417. The zero-order valence-corrected chi connectivity index (χ0v) is 17.1. The molecule has 3 heterocycles. The quantitative estimate of drug-likeness (QED) is 0.458. The summed E-state index contributed by atoms with van der Waals surface area (Å²) in [5.74, 6) is 1.14.